The van der Waals surface area contributed by atoms with E-state index in [1.807, 2.05) is 0 Å². The first-order chi connectivity index (χ1) is 12.1. The molecule has 1 aliphatic heterocycles. The molecule has 1 N–H and O–H groups in total. The Balaban J connectivity index is 2.28. The van der Waals surface area contributed by atoms with Gasteiger partial charge in [-0.15, -0.1) is 0 Å². The second-order valence-electron chi connectivity index (χ2n) is 6.57. The normalized spacial score (nSPS) is 16.4. The van der Waals surface area contributed by atoms with Crippen LogP contribution < -0.4 is 9.62 Å². The first-order valence-electron chi connectivity index (χ1n) is 8.52. The molecule has 26 heavy (non-hydrogen) atoms. The Morgan fingerprint density at radius 3 is 2.69 bits per heavy atom. The van der Waals surface area contributed by atoms with Gasteiger partial charge in [-0.25, -0.2) is 17.5 Å². The molecule has 1 unspecified atom stereocenters. The maximum atomic E-state index is 14.6. The fraction of sp³-hybridized carbons (Fsp3) is 0.421. The first-order valence-corrected chi connectivity index (χ1v) is 10.2. The highest BCUT2D eigenvalue weighted by atomic mass is 32.2. The van der Waals surface area contributed by atoms with Crippen LogP contribution in [-0.2, 0) is 21.2 Å². The van der Waals surface area contributed by atoms with Gasteiger partial charge in [0.2, 0.25) is 15.9 Å². The minimum Gasteiger partial charge on any atom is -0.315 e. The molecule has 0 aromatic heterocycles. The van der Waals surface area contributed by atoms with Gasteiger partial charge in [0.1, 0.15) is 5.82 Å². The number of aryl methyl sites for hydroxylation is 1. The number of sulfonamides is 1. The Morgan fingerprint density at radius 2 is 2.08 bits per heavy atom. The topological polar surface area (TPSA) is 66.5 Å². The van der Waals surface area contributed by atoms with Gasteiger partial charge < -0.3 is 4.90 Å². The van der Waals surface area contributed by atoms with Gasteiger partial charge in [-0.1, -0.05) is 18.2 Å². The van der Waals surface area contributed by atoms with Crippen molar-refractivity contribution in [2.45, 2.75) is 39.7 Å². The van der Waals surface area contributed by atoms with E-state index in [1.54, 1.807) is 40.0 Å². The molecular weight excluding hydrogens is 355 g/mol. The summed E-state index contributed by atoms with van der Waals surface area (Å²) >= 11 is 0. The van der Waals surface area contributed by atoms with Crippen molar-refractivity contribution in [3.63, 3.8) is 0 Å². The lowest BCUT2D eigenvalue weighted by atomic mass is 9.95. The molecule has 142 valence electrons. The molecule has 1 aromatic carbocycles. The summed E-state index contributed by atoms with van der Waals surface area (Å²) in [6, 6.07) is 2.67. The van der Waals surface area contributed by atoms with E-state index < -0.39 is 21.9 Å². The number of amides is 1. The van der Waals surface area contributed by atoms with Gasteiger partial charge in [-0.3, -0.25) is 4.79 Å². The van der Waals surface area contributed by atoms with Crippen molar-refractivity contribution < 1.29 is 17.6 Å². The summed E-state index contributed by atoms with van der Waals surface area (Å²) in [7, 11) is -1.69. The number of fused-ring (bicyclic) bond motifs is 1. The molecule has 7 heteroatoms. The zero-order valence-corrected chi connectivity index (χ0v) is 16.4. The summed E-state index contributed by atoms with van der Waals surface area (Å²) in [5.74, 6) is -0.491. The minimum absolute atomic E-state index is 0.00272. The lowest BCUT2D eigenvalue weighted by Gasteiger charge is -2.26. The Bertz CT molecular complexity index is 875. The van der Waals surface area contributed by atoms with Gasteiger partial charge in [0.15, 0.2) is 0 Å². The van der Waals surface area contributed by atoms with Crippen molar-refractivity contribution in [3.8, 4) is 0 Å². The smallest absolute Gasteiger partial charge is 0.227 e. The van der Waals surface area contributed by atoms with E-state index in [0.29, 0.717) is 29.7 Å². The third-order valence-corrected chi connectivity index (χ3v) is 6.15. The van der Waals surface area contributed by atoms with Crippen LogP contribution in [0.5, 0.6) is 0 Å². The molecule has 1 heterocycles. The van der Waals surface area contributed by atoms with Crippen molar-refractivity contribution >= 4 is 27.2 Å². The summed E-state index contributed by atoms with van der Waals surface area (Å²) in [6.45, 7) is 9.01. The van der Waals surface area contributed by atoms with E-state index in [-0.39, 0.29) is 11.7 Å². The maximum absolute atomic E-state index is 14.6. The first kappa shape index (κ1) is 20.3. The molecule has 0 saturated heterocycles. The zero-order chi connectivity index (χ0) is 19.6. The van der Waals surface area contributed by atoms with E-state index in [4.69, 9.17) is 0 Å². The van der Waals surface area contributed by atoms with Gasteiger partial charge in [0.05, 0.1) is 5.75 Å². The molecule has 0 bridgehead atoms. The number of nitrogens with zero attached hydrogens (tertiary/aromatic N) is 1. The standard InChI is InChI=1S/C19H25FN2O3S/c1-6-26(24,25)21-14(4)12(2)9-13(3)16-10-15-7-8-19(23)22(5)18(15)11-17(16)20/h9-11,14,21H,3,6-8H2,1-2,4-5H3/b12-9+. The molecule has 0 fully saturated rings. The summed E-state index contributed by atoms with van der Waals surface area (Å²) in [6.07, 6.45) is 2.64. The number of halogens is 1. The van der Waals surface area contributed by atoms with Crippen LogP contribution in [0.2, 0.25) is 0 Å². The third kappa shape index (κ3) is 4.40. The summed E-state index contributed by atoms with van der Waals surface area (Å²) in [5.41, 5.74) is 3.04. The lowest BCUT2D eigenvalue weighted by Crippen LogP contribution is -2.34. The van der Waals surface area contributed by atoms with Crippen molar-refractivity contribution in [3.05, 3.63) is 47.3 Å². The van der Waals surface area contributed by atoms with Gasteiger partial charge in [0.25, 0.3) is 0 Å². The predicted octanol–water partition coefficient (Wildman–Crippen LogP) is 3.02. The molecule has 0 radical (unpaired) electrons. The average Bonchev–Trinajstić information content (AvgIpc) is 2.57. The van der Waals surface area contributed by atoms with Gasteiger partial charge >= 0.3 is 0 Å². The monoisotopic (exact) mass is 380 g/mol. The number of benzene rings is 1. The summed E-state index contributed by atoms with van der Waals surface area (Å²) < 4.78 is 40.5. The van der Waals surface area contributed by atoms with E-state index >= 15 is 0 Å². The number of hydrogen-bond acceptors (Lipinski definition) is 3. The number of rotatable bonds is 6. The minimum atomic E-state index is -3.33. The van der Waals surface area contributed by atoms with Crippen LogP contribution in [0.1, 0.15) is 38.3 Å². The SMILES string of the molecule is C=C(/C=C(\C)C(C)NS(=O)(=O)CC)c1cc2c(cc1F)N(C)C(=O)CC2. The molecule has 2 rings (SSSR count). The van der Waals surface area contributed by atoms with Gasteiger partial charge in [-0.2, -0.15) is 0 Å². The molecular formula is C19H25FN2O3S. The third-order valence-electron chi connectivity index (χ3n) is 4.68. The number of hydrogen-bond donors (Lipinski definition) is 1. The van der Waals surface area contributed by atoms with Gasteiger partial charge in [-0.05, 0) is 50.5 Å². The highest BCUT2D eigenvalue weighted by Crippen LogP contribution is 2.32. The summed E-state index contributed by atoms with van der Waals surface area (Å²) in [5, 5.41) is 0. The molecule has 0 saturated carbocycles. The molecule has 5 nitrogen and oxygen atoms in total. The van der Waals surface area contributed by atoms with Crippen molar-refractivity contribution in [1.29, 1.82) is 0 Å². The predicted molar refractivity (Wildman–Crippen MR) is 103 cm³/mol. The highest BCUT2D eigenvalue weighted by molar-refractivity contribution is 7.89. The Hall–Kier alpha value is -1.99. The number of allylic oxidation sites excluding steroid dienone is 2. The number of nitrogens with one attached hydrogen (secondary N) is 1. The van der Waals surface area contributed by atoms with Crippen LogP contribution >= 0.6 is 0 Å². The average molecular weight is 380 g/mol. The van der Waals surface area contributed by atoms with Crippen molar-refractivity contribution in [1.82, 2.24) is 4.72 Å². The van der Waals surface area contributed by atoms with Crippen LogP contribution in [0.3, 0.4) is 0 Å². The van der Waals surface area contributed by atoms with Gasteiger partial charge in [0, 0.05) is 30.8 Å². The molecule has 0 aliphatic carbocycles. The van der Waals surface area contributed by atoms with E-state index in [0.717, 1.165) is 11.1 Å². The van der Waals surface area contributed by atoms with Crippen molar-refractivity contribution in [2.75, 3.05) is 17.7 Å². The Labute approximate surface area is 154 Å². The van der Waals surface area contributed by atoms with Crippen LogP contribution in [0.4, 0.5) is 10.1 Å². The number of anilines is 1. The Morgan fingerprint density at radius 1 is 1.42 bits per heavy atom. The van der Waals surface area contributed by atoms with Crippen LogP contribution in [0, 0.1) is 5.82 Å². The molecule has 1 aromatic rings. The lowest BCUT2D eigenvalue weighted by molar-refractivity contribution is -0.118. The molecule has 1 atom stereocenters. The molecule has 1 amide bonds. The molecule has 0 spiro atoms. The quantitative estimate of drug-likeness (QED) is 0.772. The second-order valence-corrected chi connectivity index (χ2v) is 8.61. The van der Waals surface area contributed by atoms with Crippen molar-refractivity contribution in [2.24, 2.45) is 0 Å². The zero-order valence-electron chi connectivity index (χ0n) is 15.6. The fourth-order valence-corrected chi connectivity index (χ4v) is 3.72. The maximum Gasteiger partial charge on any atom is 0.227 e. The number of carbonyl (C=O) groups is 1. The van der Waals surface area contributed by atoms with Crippen LogP contribution in [0.15, 0.2) is 30.4 Å². The second kappa shape index (κ2) is 7.72. The fourth-order valence-electron chi connectivity index (χ4n) is 2.83. The summed E-state index contributed by atoms with van der Waals surface area (Å²) in [4.78, 5) is 13.2. The van der Waals surface area contributed by atoms with Crippen LogP contribution in [-0.4, -0.2) is 33.2 Å². The number of carbonyl (C=O) groups excluding carboxylic acids is 1. The molecule has 1 aliphatic rings. The highest BCUT2D eigenvalue weighted by Gasteiger charge is 2.23. The van der Waals surface area contributed by atoms with Crippen LogP contribution in [0.25, 0.3) is 5.57 Å². The van der Waals surface area contributed by atoms with E-state index in [1.165, 1.54) is 11.0 Å². The largest absolute Gasteiger partial charge is 0.315 e. The Kier molecular flexibility index (Phi) is 6.03. The van der Waals surface area contributed by atoms with E-state index in [2.05, 4.69) is 11.3 Å². The van der Waals surface area contributed by atoms with E-state index in [9.17, 15) is 17.6 Å².